The van der Waals surface area contributed by atoms with Crippen LogP contribution in [-0.2, 0) is 19.5 Å². The van der Waals surface area contributed by atoms with Crippen molar-refractivity contribution in [1.29, 1.82) is 0 Å². The Kier molecular flexibility index (Phi) is 5.39. The van der Waals surface area contributed by atoms with Gasteiger partial charge in [0.2, 0.25) is 5.89 Å². The summed E-state index contributed by atoms with van der Waals surface area (Å²) < 4.78 is 5.43. The van der Waals surface area contributed by atoms with Crippen LogP contribution in [-0.4, -0.2) is 21.6 Å². The third-order valence-corrected chi connectivity index (χ3v) is 4.18. The molecule has 0 saturated heterocycles. The molecular weight excluding hydrogens is 298 g/mol. The minimum atomic E-state index is 0.673. The van der Waals surface area contributed by atoms with E-state index in [0.717, 1.165) is 18.9 Å². The Bertz CT molecular complexity index is 767. The standard InChI is InChI=1S/C20H23N3O/c1-3-23(14-18-12-8-7-9-16(18)2)15-20-21-19(22-24-20)13-17-10-5-4-6-11-17/h4-12H,3,13-15H2,1-2H3. The zero-order valence-electron chi connectivity index (χ0n) is 14.3. The maximum atomic E-state index is 5.43. The molecule has 0 spiro atoms. The molecule has 0 saturated carbocycles. The van der Waals surface area contributed by atoms with Gasteiger partial charge >= 0.3 is 0 Å². The fourth-order valence-corrected chi connectivity index (χ4v) is 2.70. The lowest BCUT2D eigenvalue weighted by atomic mass is 10.1. The van der Waals surface area contributed by atoms with Crippen molar-refractivity contribution in [2.75, 3.05) is 6.54 Å². The summed E-state index contributed by atoms with van der Waals surface area (Å²) in [6.45, 7) is 6.80. The summed E-state index contributed by atoms with van der Waals surface area (Å²) in [5, 5.41) is 4.11. The molecule has 0 unspecified atom stereocenters. The predicted octanol–water partition coefficient (Wildman–Crippen LogP) is 3.99. The van der Waals surface area contributed by atoms with Crippen molar-refractivity contribution >= 4 is 0 Å². The van der Waals surface area contributed by atoms with Crippen molar-refractivity contribution in [3.63, 3.8) is 0 Å². The van der Waals surface area contributed by atoms with Crippen LogP contribution in [0.2, 0.25) is 0 Å². The lowest BCUT2D eigenvalue weighted by Crippen LogP contribution is -2.23. The van der Waals surface area contributed by atoms with Crippen molar-refractivity contribution in [3.8, 4) is 0 Å². The Morgan fingerprint density at radius 1 is 0.958 bits per heavy atom. The van der Waals surface area contributed by atoms with E-state index in [1.165, 1.54) is 16.7 Å². The van der Waals surface area contributed by atoms with Crippen LogP contribution in [0.3, 0.4) is 0 Å². The summed E-state index contributed by atoms with van der Waals surface area (Å²) >= 11 is 0. The number of rotatable bonds is 7. The molecule has 3 aromatic rings. The highest BCUT2D eigenvalue weighted by Gasteiger charge is 2.12. The molecule has 0 radical (unpaired) electrons. The molecule has 0 aliphatic heterocycles. The maximum Gasteiger partial charge on any atom is 0.240 e. The molecule has 0 aliphatic rings. The van der Waals surface area contributed by atoms with Crippen LogP contribution < -0.4 is 0 Å². The molecule has 0 aliphatic carbocycles. The second-order valence-electron chi connectivity index (χ2n) is 6.00. The lowest BCUT2D eigenvalue weighted by molar-refractivity contribution is 0.228. The summed E-state index contributed by atoms with van der Waals surface area (Å²) in [4.78, 5) is 6.85. The third kappa shape index (κ3) is 4.30. The number of hydrogen-bond acceptors (Lipinski definition) is 4. The molecule has 0 fully saturated rings. The van der Waals surface area contributed by atoms with E-state index in [2.05, 4.69) is 65.3 Å². The van der Waals surface area contributed by atoms with Gasteiger partial charge in [-0.05, 0) is 30.2 Å². The van der Waals surface area contributed by atoms with Crippen LogP contribution in [0.4, 0.5) is 0 Å². The average molecular weight is 321 g/mol. The van der Waals surface area contributed by atoms with Gasteiger partial charge < -0.3 is 4.52 Å². The van der Waals surface area contributed by atoms with Gasteiger partial charge in [-0.1, -0.05) is 66.7 Å². The summed E-state index contributed by atoms with van der Waals surface area (Å²) in [7, 11) is 0. The normalized spacial score (nSPS) is 11.1. The Morgan fingerprint density at radius 2 is 1.71 bits per heavy atom. The van der Waals surface area contributed by atoms with E-state index in [1.54, 1.807) is 0 Å². The van der Waals surface area contributed by atoms with Gasteiger partial charge in [0.25, 0.3) is 0 Å². The first-order chi connectivity index (χ1) is 11.7. The Morgan fingerprint density at radius 3 is 2.46 bits per heavy atom. The number of nitrogens with zero attached hydrogens (tertiary/aromatic N) is 3. The first-order valence-corrected chi connectivity index (χ1v) is 8.37. The molecule has 1 heterocycles. The first kappa shape index (κ1) is 16.4. The second-order valence-corrected chi connectivity index (χ2v) is 6.00. The van der Waals surface area contributed by atoms with Gasteiger partial charge in [-0.3, -0.25) is 4.90 Å². The Balaban J connectivity index is 1.63. The molecule has 3 rings (SSSR count). The quantitative estimate of drug-likeness (QED) is 0.660. The molecule has 4 nitrogen and oxygen atoms in total. The van der Waals surface area contributed by atoms with Crippen LogP contribution in [0.1, 0.15) is 35.3 Å². The van der Waals surface area contributed by atoms with Gasteiger partial charge in [0.15, 0.2) is 5.82 Å². The smallest absolute Gasteiger partial charge is 0.240 e. The summed E-state index contributed by atoms with van der Waals surface area (Å²) in [5.41, 5.74) is 3.84. The van der Waals surface area contributed by atoms with Gasteiger partial charge in [-0.2, -0.15) is 4.98 Å². The number of aryl methyl sites for hydroxylation is 1. The summed E-state index contributed by atoms with van der Waals surface area (Å²) in [6.07, 6.45) is 0.703. The minimum Gasteiger partial charge on any atom is -0.338 e. The molecule has 0 bridgehead atoms. The van der Waals surface area contributed by atoms with Gasteiger partial charge in [-0.15, -0.1) is 0 Å². The lowest BCUT2D eigenvalue weighted by Gasteiger charge is -2.19. The molecular formula is C20H23N3O. The van der Waals surface area contributed by atoms with Gasteiger partial charge in [0.1, 0.15) is 0 Å². The molecule has 0 N–H and O–H groups in total. The van der Waals surface area contributed by atoms with Crippen LogP contribution in [0.5, 0.6) is 0 Å². The molecule has 0 atom stereocenters. The first-order valence-electron chi connectivity index (χ1n) is 8.37. The van der Waals surface area contributed by atoms with Crippen molar-refractivity contribution in [1.82, 2.24) is 15.0 Å². The van der Waals surface area contributed by atoms with E-state index >= 15 is 0 Å². The highest BCUT2D eigenvalue weighted by molar-refractivity contribution is 5.25. The molecule has 4 heteroatoms. The summed E-state index contributed by atoms with van der Waals surface area (Å²) in [6, 6.07) is 18.7. The van der Waals surface area contributed by atoms with Crippen LogP contribution in [0, 0.1) is 6.92 Å². The molecule has 24 heavy (non-hydrogen) atoms. The van der Waals surface area contributed by atoms with Crippen molar-refractivity contribution in [2.45, 2.75) is 33.4 Å². The van der Waals surface area contributed by atoms with E-state index in [4.69, 9.17) is 4.52 Å². The van der Waals surface area contributed by atoms with Gasteiger partial charge in [-0.25, -0.2) is 0 Å². The monoisotopic (exact) mass is 321 g/mol. The van der Waals surface area contributed by atoms with Crippen molar-refractivity contribution in [3.05, 3.63) is 83.0 Å². The Labute approximate surface area is 143 Å². The Hall–Kier alpha value is -2.46. The topological polar surface area (TPSA) is 42.2 Å². The van der Waals surface area contributed by atoms with E-state index < -0.39 is 0 Å². The average Bonchev–Trinajstić information content (AvgIpc) is 3.04. The highest BCUT2D eigenvalue weighted by atomic mass is 16.5. The molecule has 124 valence electrons. The SMILES string of the molecule is CCN(Cc1nc(Cc2ccccc2)no1)Cc1ccccc1C. The highest BCUT2D eigenvalue weighted by Crippen LogP contribution is 2.13. The predicted molar refractivity (Wildman–Crippen MR) is 94.5 cm³/mol. The second kappa shape index (κ2) is 7.88. The molecule has 0 amide bonds. The molecule has 1 aromatic heterocycles. The molecule has 2 aromatic carbocycles. The van der Waals surface area contributed by atoms with E-state index in [9.17, 15) is 0 Å². The van der Waals surface area contributed by atoms with E-state index in [1.807, 2.05) is 18.2 Å². The fourth-order valence-electron chi connectivity index (χ4n) is 2.70. The van der Waals surface area contributed by atoms with E-state index in [0.29, 0.717) is 18.9 Å². The van der Waals surface area contributed by atoms with Crippen LogP contribution in [0.25, 0.3) is 0 Å². The van der Waals surface area contributed by atoms with Gasteiger partial charge in [0.05, 0.1) is 6.54 Å². The fraction of sp³-hybridized carbons (Fsp3) is 0.300. The van der Waals surface area contributed by atoms with Gasteiger partial charge in [0, 0.05) is 13.0 Å². The number of aromatic nitrogens is 2. The van der Waals surface area contributed by atoms with E-state index in [-0.39, 0.29) is 0 Å². The number of benzene rings is 2. The van der Waals surface area contributed by atoms with Crippen LogP contribution in [0.15, 0.2) is 59.1 Å². The maximum absolute atomic E-state index is 5.43. The third-order valence-electron chi connectivity index (χ3n) is 4.18. The largest absolute Gasteiger partial charge is 0.338 e. The number of hydrogen-bond donors (Lipinski definition) is 0. The summed E-state index contributed by atoms with van der Waals surface area (Å²) in [5.74, 6) is 1.42. The van der Waals surface area contributed by atoms with Crippen LogP contribution >= 0.6 is 0 Å². The zero-order valence-corrected chi connectivity index (χ0v) is 14.3. The van der Waals surface area contributed by atoms with Crippen molar-refractivity contribution < 1.29 is 4.52 Å². The minimum absolute atomic E-state index is 0.673. The zero-order chi connectivity index (χ0) is 16.8. The van der Waals surface area contributed by atoms with Crippen molar-refractivity contribution in [2.24, 2.45) is 0 Å².